The van der Waals surface area contributed by atoms with Gasteiger partial charge in [0.15, 0.2) is 0 Å². The number of nitrogens with zero attached hydrogens (tertiary/aromatic N) is 2. The van der Waals surface area contributed by atoms with E-state index in [-0.39, 0.29) is 17.9 Å². The summed E-state index contributed by atoms with van der Waals surface area (Å²) >= 11 is 0. The summed E-state index contributed by atoms with van der Waals surface area (Å²) in [6.45, 7) is 1.98. The van der Waals surface area contributed by atoms with Gasteiger partial charge in [-0.3, -0.25) is 9.78 Å². The molecule has 0 saturated carbocycles. The molecule has 2 atom stereocenters. The molecule has 18 heavy (non-hydrogen) atoms. The van der Waals surface area contributed by atoms with Crippen LogP contribution < -0.4 is 4.90 Å². The number of anilines is 1. The monoisotopic (exact) mass is 238 g/mol. The van der Waals surface area contributed by atoms with E-state index in [4.69, 9.17) is 0 Å². The lowest BCUT2D eigenvalue weighted by Crippen LogP contribution is -2.54. The molecule has 1 aliphatic heterocycles. The molecule has 0 N–H and O–H groups in total. The lowest BCUT2D eigenvalue weighted by Gasteiger charge is -2.46. The highest BCUT2D eigenvalue weighted by Gasteiger charge is 2.45. The van der Waals surface area contributed by atoms with Gasteiger partial charge in [0.05, 0.1) is 12.0 Å². The van der Waals surface area contributed by atoms with Crippen molar-refractivity contribution < 1.29 is 4.79 Å². The van der Waals surface area contributed by atoms with Gasteiger partial charge in [-0.15, -0.1) is 0 Å². The average molecular weight is 238 g/mol. The first-order chi connectivity index (χ1) is 8.79. The van der Waals surface area contributed by atoms with E-state index in [0.29, 0.717) is 0 Å². The van der Waals surface area contributed by atoms with Crippen molar-refractivity contribution in [3.63, 3.8) is 0 Å². The molecule has 0 unspecified atom stereocenters. The van der Waals surface area contributed by atoms with Gasteiger partial charge in [0.2, 0.25) is 5.91 Å². The zero-order valence-corrected chi connectivity index (χ0v) is 10.2. The Morgan fingerprint density at radius 3 is 2.39 bits per heavy atom. The van der Waals surface area contributed by atoms with Crippen LogP contribution in [0.1, 0.15) is 18.5 Å². The number of hydrogen-bond acceptors (Lipinski definition) is 2. The topological polar surface area (TPSA) is 33.2 Å². The van der Waals surface area contributed by atoms with Gasteiger partial charge >= 0.3 is 0 Å². The summed E-state index contributed by atoms with van der Waals surface area (Å²) < 4.78 is 0. The molecule has 1 amide bonds. The first-order valence-electron chi connectivity index (χ1n) is 6.07. The SMILES string of the molecule is C[C@@H]1C(=O)N(c2ccccc2)[C@@H]1c1ccncc1. The highest BCUT2D eigenvalue weighted by atomic mass is 16.2. The molecule has 2 heterocycles. The number of hydrogen-bond donors (Lipinski definition) is 0. The molecule has 1 aromatic heterocycles. The van der Waals surface area contributed by atoms with E-state index in [1.165, 1.54) is 0 Å². The zero-order chi connectivity index (χ0) is 12.5. The van der Waals surface area contributed by atoms with Gasteiger partial charge in [0, 0.05) is 18.1 Å². The molecular formula is C15H14N2O. The Labute approximate surface area is 106 Å². The maximum atomic E-state index is 12.1. The molecule has 1 saturated heterocycles. The second-order valence-electron chi connectivity index (χ2n) is 4.56. The average Bonchev–Trinajstić information content (AvgIpc) is 2.45. The van der Waals surface area contributed by atoms with E-state index < -0.39 is 0 Å². The van der Waals surface area contributed by atoms with Gasteiger partial charge in [-0.05, 0) is 29.8 Å². The molecule has 0 spiro atoms. The Kier molecular flexibility index (Phi) is 2.59. The summed E-state index contributed by atoms with van der Waals surface area (Å²) in [7, 11) is 0. The third kappa shape index (κ3) is 1.59. The Bertz CT molecular complexity index is 553. The lowest BCUT2D eigenvalue weighted by molar-refractivity contribution is -0.129. The molecule has 0 radical (unpaired) electrons. The minimum atomic E-state index is 0.0348. The minimum Gasteiger partial charge on any atom is -0.304 e. The van der Waals surface area contributed by atoms with Crippen molar-refractivity contribution in [1.29, 1.82) is 0 Å². The van der Waals surface area contributed by atoms with Crippen molar-refractivity contribution in [2.24, 2.45) is 5.92 Å². The van der Waals surface area contributed by atoms with Crippen molar-refractivity contribution in [3.8, 4) is 0 Å². The zero-order valence-electron chi connectivity index (χ0n) is 10.2. The van der Waals surface area contributed by atoms with Crippen LogP contribution in [0.4, 0.5) is 5.69 Å². The predicted molar refractivity (Wildman–Crippen MR) is 70.1 cm³/mol. The van der Waals surface area contributed by atoms with Crippen LogP contribution in [0.15, 0.2) is 54.9 Å². The van der Waals surface area contributed by atoms with Crippen LogP contribution in [0.5, 0.6) is 0 Å². The standard InChI is InChI=1S/C15H14N2O/c1-11-14(12-7-9-16-10-8-12)17(15(11)18)13-5-3-2-4-6-13/h2-11,14H,1H3/t11-,14-/m0/s1. The molecule has 1 aromatic carbocycles. The molecule has 3 nitrogen and oxygen atoms in total. The summed E-state index contributed by atoms with van der Waals surface area (Å²) in [5.74, 6) is 0.218. The van der Waals surface area contributed by atoms with E-state index in [0.717, 1.165) is 11.3 Å². The van der Waals surface area contributed by atoms with E-state index >= 15 is 0 Å². The smallest absolute Gasteiger partial charge is 0.232 e. The van der Waals surface area contributed by atoms with Gasteiger partial charge in [-0.25, -0.2) is 0 Å². The van der Waals surface area contributed by atoms with Gasteiger partial charge < -0.3 is 4.90 Å². The second kappa shape index (κ2) is 4.26. The fraction of sp³-hybridized carbons (Fsp3) is 0.200. The van der Waals surface area contributed by atoms with E-state index in [1.807, 2.05) is 54.3 Å². The number of carbonyl (C=O) groups is 1. The maximum absolute atomic E-state index is 12.1. The molecule has 3 rings (SSSR count). The summed E-state index contributed by atoms with van der Waals surface area (Å²) in [6, 6.07) is 13.9. The second-order valence-corrected chi connectivity index (χ2v) is 4.56. The minimum absolute atomic E-state index is 0.0348. The van der Waals surface area contributed by atoms with Crippen molar-refractivity contribution in [1.82, 2.24) is 4.98 Å². The molecule has 0 aliphatic carbocycles. The normalized spacial score (nSPS) is 22.7. The van der Waals surface area contributed by atoms with Crippen LogP contribution in [0.2, 0.25) is 0 Å². The highest BCUT2D eigenvalue weighted by molar-refractivity contribution is 6.02. The lowest BCUT2D eigenvalue weighted by atomic mass is 9.83. The first kappa shape index (κ1) is 11.0. The quantitative estimate of drug-likeness (QED) is 0.754. The molecule has 1 fully saturated rings. The Morgan fingerprint density at radius 2 is 1.72 bits per heavy atom. The number of aromatic nitrogens is 1. The van der Waals surface area contributed by atoms with Crippen molar-refractivity contribution in [2.45, 2.75) is 13.0 Å². The van der Waals surface area contributed by atoms with Gasteiger partial charge in [0.25, 0.3) is 0 Å². The molecule has 0 bridgehead atoms. The van der Waals surface area contributed by atoms with Crippen LogP contribution in [0.25, 0.3) is 0 Å². The number of rotatable bonds is 2. The van der Waals surface area contributed by atoms with Crippen molar-refractivity contribution in [3.05, 3.63) is 60.4 Å². The number of benzene rings is 1. The highest BCUT2D eigenvalue weighted by Crippen LogP contribution is 2.42. The maximum Gasteiger partial charge on any atom is 0.232 e. The molecular weight excluding hydrogens is 224 g/mol. The largest absolute Gasteiger partial charge is 0.304 e. The van der Waals surface area contributed by atoms with Crippen LogP contribution in [0.3, 0.4) is 0 Å². The Balaban J connectivity index is 1.97. The molecule has 1 aliphatic rings. The fourth-order valence-electron chi connectivity index (χ4n) is 2.51. The van der Waals surface area contributed by atoms with Crippen LogP contribution >= 0.6 is 0 Å². The van der Waals surface area contributed by atoms with Crippen molar-refractivity contribution in [2.75, 3.05) is 4.90 Å². The fourth-order valence-corrected chi connectivity index (χ4v) is 2.51. The third-order valence-corrected chi connectivity index (χ3v) is 3.46. The van der Waals surface area contributed by atoms with E-state index in [1.54, 1.807) is 12.4 Å². The van der Waals surface area contributed by atoms with Gasteiger partial charge in [0.1, 0.15) is 0 Å². The first-order valence-corrected chi connectivity index (χ1v) is 6.07. The van der Waals surface area contributed by atoms with Crippen LogP contribution in [-0.2, 0) is 4.79 Å². The number of amides is 1. The Hall–Kier alpha value is -2.16. The van der Waals surface area contributed by atoms with E-state index in [9.17, 15) is 4.79 Å². The number of pyridine rings is 1. The van der Waals surface area contributed by atoms with Gasteiger partial charge in [-0.2, -0.15) is 0 Å². The molecule has 3 heteroatoms. The molecule has 2 aromatic rings. The summed E-state index contributed by atoms with van der Waals surface area (Å²) in [5.41, 5.74) is 2.10. The summed E-state index contributed by atoms with van der Waals surface area (Å²) in [5, 5.41) is 0. The predicted octanol–water partition coefficient (Wildman–Crippen LogP) is 2.81. The summed E-state index contributed by atoms with van der Waals surface area (Å²) in [4.78, 5) is 17.9. The number of para-hydroxylation sites is 1. The van der Waals surface area contributed by atoms with E-state index in [2.05, 4.69) is 4.98 Å². The summed E-state index contributed by atoms with van der Waals surface area (Å²) in [6.07, 6.45) is 3.54. The van der Waals surface area contributed by atoms with Crippen molar-refractivity contribution >= 4 is 11.6 Å². The van der Waals surface area contributed by atoms with Gasteiger partial charge in [-0.1, -0.05) is 25.1 Å². The Morgan fingerprint density at radius 1 is 1.06 bits per heavy atom. The van der Waals surface area contributed by atoms with Crippen LogP contribution in [0, 0.1) is 5.92 Å². The van der Waals surface area contributed by atoms with Crippen LogP contribution in [-0.4, -0.2) is 10.9 Å². The number of β-lactam (4-membered cyclic amide) rings is 1. The number of carbonyl (C=O) groups excluding carboxylic acids is 1. The third-order valence-electron chi connectivity index (χ3n) is 3.46. The molecule has 90 valence electrons.